The quantitative estimate of drug-likeness (QED) is 0.510. The molecule has 5 nitrogen and oxygen atoms in total. The van der Waals surface area contributed by atoms with Crippen molar-refractivity contribution in [1.82, 2.24) is 0 Å². The van der Waals surface area contributed by atoms with Crippen LogP contribution in [0.5, 0.6) is 0 Å². The number of halogens is 2. The maximum absolute atomic E-state index is 13.2. The minimum atomic E-state index is -3.95. The topological polar surface area (TPSA) is 66.5 Å². The van der Waals surface area contributed by atoms with Crippen molar-refractivity contribution < 1.29 is 13.2 Å². The lowest BCUT2D eigenvalue weighted by molar-refractivity contribution is -0.114. The first-order valence-electron chi connectivity index (χ1n) is 8.67. The summed E-state index contributed by atoms with van der Waals surface area (Å²) < 4.78 is 28.3. The summed E-state index contributed by atoms with van der Waals surface area (Å²) in [7, 11) is -3.95. The van der Waals surface area contributed by atoms with Gasteiger partial charge in [0.25, 0.3) is 10.0 Å². The predicted octanol–water partition coefficient (Wildman–Crippen LogP) is 5.24. The van der Waals surface area contributed by atoms with Crippen molar-refractivity contribution in [2.75, 3.05) is 16.2 Å². The Bertz CT molecular complexity index is 1140. The molecule has 3 rings (SSSR count). The van der Waals surface area contributed by atoms with E-state index in [0.717, 1.165) is 9.87 Å². The van der Waals surface area contributed by atoms with Crippen LogP contribution in [0, 0.1) is 6.92 Å². The lowest BCUT2D eigenvalue weighted by atomic mass is 10.2. The molecule has 0 spiro atoms. The van der Waals surface area contributed by atoms with E-state index in [9.17, 15) is 13.2 Å². The highest BCUT2D eigenvalue weighted by molar-refractivity contribution is 9.10. The largest absolute Gasteiger partial charge is 0.324 e. The van der Waals surface area contributed by atoms with E-state index < -0.39 is 15.9 Å². The second-order valence-corrected chi connectivity index (χ2v) is 9.50. The third-order valence-electron chi connectivity index (χ3n) is 4.17. The van der Waals surface area contributed by atoms with Crippen molar-refractivity contribution in [2.24, 2.45) is 0 Å². The summed E-state index contributed by atoms with van der Waals surface area (Å²) in [6, 6.07) is 19.9. The average molecular weight is 494 g/mol. The molecular weight excluding hydrogens is 476 g/mol. The first-order valence-corrected chi connectivity index (χ1v) is 11.3. The van der Waals surface area contributed by atoms with E-state index in [1.807, 2.05) is 6.92 Å². The summed E-state index contributed by atoms with van der Waals surface area (Å²) in [5.74, 6) is -0.482. The van der Waals surface area contributed by atoms with Gasteiger partial charge in [0.05, 0.1) is 10.6 Å². The number of rotatable bonds is 6. The number of sulfonamides is 1. The zero-order valence-corrected chi connectivity index (χ0v) is 18.6. The molecule has 150 valence electrons. The monoisotopic (exact) mass is 492 g/mol. The fourth-order valence-electron chi connectivity index (χ4n) is 2.67. The lowest BCUT2D eigenvalue weighted by Crippen LogP contribution is -2.38. The molecule has 0 aliphatic rings. The molecule has 0 aliphatic heterocycles. The van der Waals surface area contributed by atoms with Crippen molar-refractivity contribution in [3.05, 3.63) is 87.9 Å². The van der Waals surface area contributed by atoms with Crippen LogP contribution >= 0.6 is 27.5 Å². The molecule has 0 fully saturated rings. The molecule has 29 heavy (non-hydrogen) atoms. The Morgan fingerprint density at radius 1 is 1.03 bits per heavy atom. The van der Waals surface area contributed by atoms with E-state index in [-0.39, 0.29) is 11.4 Å². The maximum atomic E-state index is 13.2. The molecule has 1 amide bonds. The Hall–Kier alpha value is -2.35. The molecule has 0 unspecified atom stereocenters. The maximum Gasteiger partial charge on any atom is 0.264 e. The zero-order valence-electron chi connectivity index (χ0n) is 15.5. The van der Waals surface area contributed by atoms with Gasteiger partial charge in [0.2, 0.25) is 5.91 Å². The Kier molecular flexibility index (Phi) is 6.62. The number of nitrogens with zero attached hydrogens (tertiary/aromatic N) is 1. The van der Waals surface area contributed by atoms with Gasteiger partial charge in [0.1, 0.15) is 6.54 Å². The predicted molar refractivity (Wildman–Crippen MR) is 120 cm³/mol. The molecular formula is C21H18BrClN2O3S. The molecule has 0 atom stereocenters. The number of hydrogen-bond acceptors (Lipinski definition) is 3. The van der Waals surface area contributed by atoms with Crippen molar-refractivity contribution in [1.29, 1.82) is 0 Å². The molecule has 0 saturated carbocycles. The molecule has 0 heterocycles. The second kappa shape index (κ2) is 8.98. The summed E-state index contributed by atoms with van der Waals surface area (Å²) in [5.41, 5.74) is 1.75. The highest BCUT2D eigenvalue weighted by atomic mass is 79.9. The number of carbonyl (C=O) groups excluding carboxylic acids is 1. The molecule has 0 aromatic heterocycles. The second-order valence-electron chi connectivity index (χ2n) is 6.32. The van der Waals surface area contributed by atoms with Crippen LogP contribution in [-0.2, 0) is 14.8 Å². The molecule has 3 aromatic rings. The standard InChI is InChI=1S/C21H18BrClN2O3S/c1-15-10-11-17(13-20(15)23)24-21(26)14-25(18-7-5-6-16(22)12-18)29(27,28)19-8-3-2-4-9-19/h2-13H,14H2,1H3,(H,24,26). The minimum absolute atomic E-state index is 0.103. The number of nitrogens with one attached hydrogen (secondary N) is 1. The van der Waals surface area contributed by atoms with Gasteiger partial charge < -0.3 is 5.32 Å². The Morgan fingerprint density at radius 2 is 1.76 bits per heavy atom. The lowest BCUT2D eigenvalue weighted by Gasteiger charge is -2.24. The summed E-state index contributed by atoms with van der Waals surface area (Å²) in [4.78, 5) is 12.8. The summed E-state index contributed by atoms with van der Waals surface area (Å²) in [6.07, 6.45) is 0. The first kappa shape index (κ1) is 21.4. The smallest absolute Gasteiger partial charge is 0.264 e. The van der Waals surface area contributed by atoms with Crippen molar-refractivity contribution in [3.8, 4) is 0 Å². The Labute approximate surface area is 183 Å². The molecule has 0 saturated heterocycles. The van der Waals surface area contributed by atoms with E-state index in [4.69, 9.17) is 11.6 Å². The van der Waals surface area contributed by atoms with Crippen LogP contribution in [-0.4, -0.2) is 20.9 Å². The summed E-state index contributed by atoms with van der Waals surface area (Å²) >= 11 is 9.46. The number of aryl methyl sites for hydroxylation is 1. The fraction of sp³-hybridized carbons (Fsp3) is 0.0952. The van der Waals surface area contributed by atoms with Crippen LogP contribution < -0.4 is 9.62 Å². The number of carbonyl (C=O) groups is 1. The van der Waals surface area contributed by atoms with Gasteiger partial charge >= 0.3 is 0 Å². The van der Waals surface area contributed by atoms with Crippen LogP contribution in [0.25, 0.3) is 0 Å². The Balaban J connectivity index is 1.93. The third kappa shape index (κ3) is 5.18. The summed E-state index contributed by atoms with van der Waals surface area (Å²) in [6.45, 7) is 1.47. The van der Waals surface area contributed by atoms with Crippen molar-refractivity contribution in [3.63, 3.8) is 0 Å². The van der Waals surface area contributed by atoms with E-state index >= 15 is 0 Å². The van der Waals surface area contributed by atoms with Gasteiger partial charge in [0.15, 0.2) is 0 Å². The molecule has 8 heteroatoms. The van der Waals surface area contributed by atoms with Gasteiger partial charge in [-0.2, -0.15) is 0 Å². The van der Waals surface area contributed by atoms with Gasteiger partial charge in [-0.15, -0.1) is 0 Å². The van der Waals surface area contributed by atoms with Gasteiger partial charge in [-0.1, -0.05) is 57.9 Å². The zero-order chi connectivity index (χ0) is 21.0. The van der Waals surface area contributed by atoms with E-state index in [1.165, 1.54) is 12.1 Å². The van der Waals surface area contributed by atoms with Crippen molar-refractivity contribution in [2.45, 2.75) is 11.8 Å². The molecule has 0 aliphatic carbocycles. The molecule has 1 N–H and O–H groups in total. The van der Waals surface area contributed by atoms with Crippen LogP contribution in [0.3, 0.4) is 0 Å². The van der Waals surface area contributed by atoms with Gasteiger partial charge in [0, 0.05) is 15.2 Å². The normalized spacial score (nSPS) is 11.1. The highest BCUT2D eigenvalue weighted by Gasteiger charge is 2.27. The van der Waals surface area contributed by atoms with E-state index in [2.05, 4.69) is 21.2 Å². The molecule has 0 bridgehead atoms. The van der Waals surface area contributed by atoms with Gasteiger partial charge in [-0.25, -0.2) is 8.42 Å². The van der Waals surface area contributed by atoms with Crippen LogP contribution in [0.15, 0.2) is 82.2 Å². The van der Waals surface area contributed by atoms with Crippen LogP contribution in [0.2, 0.25) is 5.02 Å². The van der Waals surface area contributed by atoms with Crippen molar-refractivity contribution >= 4 is 54.8 Å². The number of amides is 1. The minimum Gasteiger partial charge on any atom is -0.324 e. The highest BCUT2D eigenvalue weighted by Crippen LogP contribution is 2.26. The fourth-order valence-corrected chi connectivity index (χ4v) is 4.67. The molecule has 0 radical (unpaired) electrons. The van der Waals surface area contributed by atoms with Gasteiger partial charge in [-0.3, -0.25) is 9.10 Å². The number of benzene rings is 3. The number of anilines is 2. The van der Waals surface area contributed by atoms with E-state index in [1.54, 1.807) is 60.7 Å². The molecule has 3 aromatic carbocycles. The number of hydrogen-bond donors (Lipinski definition) is 1. The van der Waals surface area contributed by atoms with Crippen LogP contribution in [0.1, 0.15) is 5.56 Å². The van der Waals surface area contributed by atoms with E-state index in [0.29, 0.717) is 20.9 Å². The SMILES string of the molecule is Cc1ccc(NC(=O)CN(c2cccc(Br)c2)S(=O)(=O)c2ccccc2)cc1Cl. The summed E-state index contributed by atoms with van der Waals surface area (Å²) in [5, 5.41) is 3.22. The third-order valence-corrected chi connectivity index (χ3v) is 6.86. The first-order chi connectivity index (χ1) is 13.8. The van der Waals surface area contributed by atoms with Crippen LogP contribution in [0.4, 0.5) is 11.4 Å². The van der Waals surface area contributed by atoms with Gasteiger partial charge in [-0.05, 0) is 55.0 Å². The average Bonchev–Trinajstić information content (AvgIpc) is 2.69. The Morgan fingerprint density at radius 3 is 2.41 bits per heavy atom.